The lowest BCUT2D eigenvalue weighted by molar-refractivity contribution is 0.0946. The fraction of sp³-hybridized carbons (Fsp3) is 0.235. The molecule has 0 saturated heterocycles. The van der Waals surface area contributed by atoms with E-state index in [0.29, 0.717) is 31.5 Å². The third-order valence-electron chi connectivity index (χ3n) is 3.54. The molecule has 0 saturated carbocycles. The molecule has 1 unspecified atom stereocenters. The molecule has 0 amide bonds. The number of hydrogen-bond acceptors (Lipinski definition) is 1. The normalized spacial score (nSPS) is 15.9. The van der Waals surface area contributed by atoms with E-state index < -0.39 is 0 Å². The second-order valence-electron chi connectivity index (χ2n) is 5.25. The highest BCUT2D eigenvalue weighted by molar-refractivity contribution is 6.36. The molecular weight excluding hydrogens is 397 g/mol. The average Bonchev–Trinajstić information content (AvgIpc) is 2.76. The van der Waals surface area contributed by atoms with Crippen LogP contribution in [0.25, 0.3) is 0 Å². The highest BCUT2D eigenvalue weighted by Crippen LogP contribution is 2.34. The minimum Gasteiger partial charge on any atom is -0.294 e. The Kier molecular flexibility index (Phi) is 6.65. The van der Waals surface area contributed by atoms with Crippen LogP contribution >= 0.6 is 58.0 Å². The first-order chi connectivity index (χ1) is 10.8. The smallest absolute Gasteiger partial charge is 0.166 e. The fourth-order valence-electron chi connectivity index (χ4n) is 2.33. The summed E-state index contributed by atoms with van der Waals surface area (Å²) < 4.78 is 0. The van der Waals surface area contributed by atoms with E-state index in [9.17, 15) is 4.79 Å². The Morgan fingerprint density at radius 3 is 2.26 bits per heavy atom. The first kappa shape index (κ1) is 18.9. The molecule has 1 nitrogen and oxygen atoms in total. The molecule has 0 bridgehead atoms. The number of carbonyl (C=O) groups excluding carboxylic acids is 1. The molecular formula is C17H13Cl5O. The zero-order chi connectivity index (χ0) is 17.1. The predicted octanol–water partition coefficient (Wildman–Crippen LogP) is 7.10. The molecule has 1 aliphatic rings. The number of alkyl halides is 1. The molecule has 0 heterocycles. The maximum atomic E-state index is 11.6. The highest BCUT2D eigenvalue weighted by Gasteiger charge is 2.28. The van der Waals surface area contributed by atoms with E-state index in [1.807, 2.05) is 13.0 Å². The van der Waals surface area contributed by atoms with Gasteiger partial charge in [0.25, 0.3) is 0 Å². The van der Waals surface area contributed by atoms with E-state index in [1.165, 1.54) is 0 Å². The lowest BCUT2D eigenvalue weighted by atomic mass is 10.1. The van der Waals surface area contributed by atoms with Crippen molar-refractivity contribution < 1.29 is 4.79 Å². The van der Waals surface area contributed by atoms with Crippen LogP contribution in [-0.2, 0) is 12.3 Å². The van der Waals surface area contributed by atoms with Gasteiger partial charge in [0, 0.05) is 37.5 Å². The molecule has 0 N–H and O–H groups in total. The molecule has 0 fully saturated rings. The topological polar surface area (TPSA) is 17.1 Å². The minimum atomic E-state index is 0.0472. The van der Waals surface area contributed by atoms with Crippen LogP contribution in [0, 0.1) is 5.92 Å². The highest BCUT2D eigenvalue weighted by atomic mass is 35.5. The van der Waals surface area contributed by atoms with Gasteiger partial charge in [-0.15, -0.1) is 11.6 Å². The van der Waals surface area contributed by atoms with Crippen LogP contribution in [0.5, 0.6) is 0 Å². The molecule has 6 heteroatoms. The van der Waals surface area contributed by atoms with Crippen LogP contribution in [0.1, 0.15) is 28.4 Å². The maximum absolute atomic E-state index is 11.6. The molecule has 1 aliphatic carbocycles. The Labute approximate surface area is 160 Å². The lowest BCUT2D eigenvalue weighted by Gasteiger charge is -2.00. The summed E-state index contributed by atoms with van der Waals surface area (Å²) in [6, 6.07) is 8.66. The summed E-state index contributed by atoms with van der Waals surface area (Å²) in [5, 5.41) is 2.41. The number of hydrogen-bond donors (Lipinski definition) is 0. The van der Waals surface area contributed by atoms with Gasteiger partial charge in [0.1, 0.15) is 0 Å². The molecule has 0 aliphatic heterocycles. The van der Waals surface area contributed by atoms with Gasteiger partial charge >= 0.3 is 0 Å². The molecule has 0 radical (unpaired) electrons. The van der Waals surface area contributed by atoms with E-state index >= 15 is 0 Å². The van der Waals surface area contributed by atoms with Gasteiger partial charge in [-0.3, -0.25) is 4.79 Å². The fourth-order valence-corrected chi connectivity index (χ4v) is 3.67. The summed E-state index contributed by atoms with van der Waals surface area (Å²) in [5.41, 5.74) is 2.56. The van der Waals surface area contributed by atoms with Gasteiger partial charge < -0.3 is 0 Å². The van der Waals surface area contributed by atoms with E-state index in [-0.39, 0.29) is 11.7 Å². The van der Waals surface area contributed by atoms with Crippen LogP contribution in [-0.4, -0.2) is 5.78 Å². The number of carbonyl (C=O) groups is 1. The standard InChI is InChI=1S/C10H8Cl2O.C7H5Cl3/c1-5-2-7-8(10(5)13)3-6(11)4-9(7)12;8-4-5-1-2-6(9)3-7(5)10/h3-5H,2H2,1H3;1-3H,4H2. The van der Waals surface area contributed by atoms with Crippen molar-refractivity contribution in [1.29, 1.82) is 0 Å². The minimum absolute atomic E-state index is 0.0472. The van der Waals surface area contributed by atoms with Crippen molar-refractivity contribution in [2.45, 2.75) is 19.2 Å². The Bertz CT molecular complexity index is 742. The monoisotopic (exact) mass is 408 g/mol. The van der Waals surface area contributed by atoms with E-state index in [0.717, 1.165) is 17.5 Å². The zero-order valence-electron chi connectivity index (χ0n) is 12.2. The second-order valence-corrected chi connectivity index (χ2v) is 7.21. The summed E-state index contributed by atoms with van der Waals surface area (Å²) in [5.74, 6) is 0.626. The van der Waals surface area contributed by atoms with Gasteiger partial charge in [-0.1, -0.05) is 59.4 Å². The van der Waals surface area contributed by atoms with Crippen molar-refractivity contribution in [3.05, 3.63) is 67.1 Å². The van der Waals surface area contributed by atoms with E-state index in [2.05, 4.69) is 0 Å². The lowest BCUT2D eigenvalue weighted by Crippen LogP contribution is -2.02. The molecule has 2 aromatic carbocycles. The van der Waals surface area contributed by atoms with Crippen molar-refractivity contribution in [3.8, 4) is 0 Å². The van der Waals surface area contributed by atoms with Crippen molar-refractivity contribution in [2.75, 3.05) is 0 Å². The van der Waals surface area contributed by atoms with Crippen molar-refractivity contribution in [1.82, 2.24) is 0 Å². The SMILES string of the molecule is CC1Cc2c(Cl)cc(Cl)cc2C1=O.ClCc1ccc(Cl)cc1Cl. The Morgan fingerprint density at radius 1 is 1.00 bits per heavy atom. The number of fused-ring (bicyclic) bond motifs is 1. The van der Waals surface area contributed by atoms with Crippen molar-refractivity contribution in [2.24, 2.45) is 5.92 Å². The third-order valence-corrected chi connectivity index (χ3v) is 4.97. The van der Waals surface area contributed by atoms with Gasteiger partial charge in [0.2, 0.25) is 0 Å². The Morgan fingerprint density at radius 2 is 1.65 bits per heavy atom. The Hall–Kier alpha value is -0.440. The molecule has 0 spiro atoms. The number of ketones is 1. The zero-order valence-corrected chi connectivity index (χ0v) is 16.0. The quantitative estimate of drug-likeness (QED) is 0.458. The molecule has 122 valence electrons. The number of Topliss-reactive ketones (excluding diaryl/α,β-unsaturated/α-hetero) is 1. The van der Waals surface area contributed by atoms with Crippen molar-refractivity contribution in [3.63, 3.8) is 0 Å². The van der Waals surface area contributed by atoms with Crippen LogP contribution < -0.4 is 0 Å². The average molecular weight is 411 g/mol. The first-order valence-electron chi connectivity index (χ1n) is 6.85. The maximum Gasteiger partial charge on any atom is 0.166 e. The number of halogens is 5. The summed E-state index contributed by atoms with van der Waals surface area (Å²) in [6.07, 6.45) is 0.740. The van der Waals surface area contributed by atoms with Gasteiger partial charge in [0.05, 0.1) is 0 Å². The summed E-state index contributed by atoms with van der Waals surface area (Å²) >= 11 is 28.7. The van der Waals surface area contributed by atoms with Crippen LogP contribution in [0.4, 0.5) is 0 Å². The van der Waals surface area contributed by atoms with Crippen LogP contribution in [0.2, 0.25) is 20.1 Å². The molecule has 3 rings (SSSR count). The number of benzene rings is 2. The van der Waals surface area contributed by atoms with Crippen LogP contribution in [0.3, 0.4) is 0 Å². The van der Waals surface area contributed by atoms with Gasteiger partial charge in [0.15, 0.2) is 5.78 Å². The summed E-state index contributed by atoms with van der Waals surface area (Å²) in [4.78, 5) is 11.6. The van der Waals surface area contributed by atoms with E-state index in [4.69, 9.17) is 58.0 Å². The Balaban J connectivity index is 0.000000174. The van der Waals surface area contributed by atoms with Crippen LogP contribution in [0.15, 0.2) is 30.3 Å². The number of rotatable bonds is 1. The molecule has 0 aromatic heterocycles. The van der Waals surface area contributed by atoms with Crippen molar-refractivity contribution >= 4 is 63.8 Å². The van der Waals surface area contributed by atoms with Gasteiger partial charge in [-0.05, 0) is 41.8 Å². The van der Waals surface area contributed by atoms with Gasteiger partial charge in [-0.2, -0.15) is 0 Å². The second kappa shape index (κ2) is 8.09. The predicted molar refractivity (Wildman–Crippen MR) is 99.7 cm³/mol. The third kappa shape index (κ3) is 4.55. The van der Waals surface area contributed by atoms with Gasteiger partial charge in [-0.25, -0.2) is 0 Å². The van der Waals surface area contributed by atoms with E-state index in [1.54, 1.807) is 24.3 Å². The first-order valence-corrected chi connectivity index (χ1v) is 8.90. The summed E-state index contributed by atoms with van der Waals surface area (Å²) in [7, 11) is 0. The largest absolute Gasteiger partial charge is 0.294 e. The molecule has 2 aromatic rings. The summed E-state index contributed by atoms with van der Waals surface area (Å²) in [6.45, 7) is 1.91. The molecule has 1 atom stereocenters. The molecule has 23 heavy (non-hydrogen) atoms.